The Balaban J connectivity index is 2.88. The van der Waals surface area contributed by atoms with Crippen LogP contribution in [0.25, 0.3) is 0 Å². The van der Waals surface area contributed by atoms with Crippen molar-refractivity contribution in [2.45, 2.75) is 19.8 Å². The molecule has 0 aromatic rings. The molecule has 0 N–H and O–H groups in total. The van der Waals surface area contributed by atoms with E-state index in [1.807, 2.05) is 0 Å². The number of halogens is 1. The van der Waals surface area contributed by atoms with Crippen molar-refractivity contribution in [3.63, 3.8) is 0 Å². The normalized spacial score (nSPS) is 11.3. The van der Waals surface area contributed by atoms with Crippen LogP contribution >= 0.6 is 35.0 Å². The average Bonchev–Trinajstić information content (AvgIpc) is 1.61. The molecule has 7 heavy (non-hydrogen) atoms. The zero-order valence-electron chi connectivity index (χ0n) is 4.39. The van der Waals surface area contributed by atoms with Gasteiger partial charge in [0.15, 0.2) is 0 Å². The molecule has 0 spiro atoms. The van der Waals surface area contributed by atoms with Crippen molar-refractivity contribution in [3.8, 4) is 0 Å². The molecule has 0 nitrogen and oxygen atoms in total. The van der Waals surface area contributed by atoms with Gasteiger partial charge in [-0.25, -0.2) is 0 Å². The van der Waals surface area contributed by atoms with Gasteiger partial charge in [-0.1, -0.05) is 0 Å². The van der Waals surface area contributed by atoms with Crippen LogP contribution in [-0.4, -0.2) is 6.16 Å². The van der Waals surface area contributed by atoms with Crippen molar-refractivity contribution in [1.29, 1.82) is 0 Å². The molecule has 0 aromatic heterocycles. The minimum absolute atomic E-state index is 0.0581. The molecule has 0 fully saturated rings. The van der Waals surface area contributed by atoms with Crippen molar-refractivity contribution >= 4 is 35.0 Å². The fourth-order valence-electron chi connectivity index (χ4n) is 0.289. The van der Waals surface area contributed by atoms with Gasteiger partial charge < -0.3 is 0 Å². The molecular formula is C4H9IP2. The Hall–Kier alpha value is 1.46. The summed E-state index contributed by atoms with van der Waals surface area (Å²) in [7, 11) is 4.28. The Bertz CT molecular complexity index is 91.6. The summed E-state index contributed by atoms with van der Waals surface area (Å²) in [5.74, 6) is 0. The van der Waals surface area contributed by atoms with E-state index in [1.54, 1.807) is 0 Å². The van der Waals surface area contributed by atoms with Crippen LogP contribution < -0.4 is 0 Å². The molecule has 0 aliphatic rings. The molecule has 0 bridgehead atoms. The van der Waals surface area contributed by atoms with Gasteiger partial charge >= 0.3 is 61.0 Å². The van der Waals surface area contributed by atoms with E-state index in [4.69, 9.17) is 0 Å². The van der Waals surface area contributed by atoms with Crippen molar-refractivity contribution in [1.82, 2.24) is 0 Å². The van der Waals surface area contributed by atoms with Crippen LogP contribution in [0.1, 0.15) is 19.8 Å². The first kappa shape index (κ1) is 8.46. The van der Waals surface area contributed by atoms with Gasteiger partial charge in [-0.05, 0) is 0 Å². The molecule has 0 amide bonds. The van der Waals surface area contributed by atoms with Crippen LogP contribution in [-0.2, 0) is 0 Å². The molecular weight excluding hydrogens is 237 g/mol. The van der Waals surface area contributed by atoms with E-state index in [-0.39, 0.29) is 4.67 Å². The number of rotatable bonds is 2. The summed E-state index contributed by atoms with van der Waals surface area (Å²) < 4.78 is 0.0581. The Labute approximate surface area is 61.0 Å². The van der Waals surface area contributed by atoms with Crippen LogP contribution in [0.2, 0.25) is 0 Å². The third-order valence-corrected chi connectivity index (χ3v) is 3.43. The Morgan fingerprint density at radius 2 is 2.29 bits per heavy atom. The van der Waals surface area contributed by atoms with Crippen LogP contribution in [0, 0.1) is 0 Å². The summed E-state index contributed by atoms with van der Waals surface area (Å²) in [6.07, 6.45) is 3.97. The molecule has 0 aromatic carbocycles. The standard InChI is InChI=1S/C4H9IP2/c1-2-3-4-7(5)6/h2-4H2,1H3. The fraction of sp³-hybridized carbons (Fsp3) is 1.00. The van der Waals surface area contributed by atoms with E-state index in [9.17, 15) is 0 Å². The van der Waals surface area contributed by atoms with Crippen molar-refractivity contribution in [2.75, 3.05) is 6.16 Å². The Kier molecular flexibility index (Phi) is 6.76. The van der Waals surface area contributed by atoms with Crippen molar-refractivity contribution in [3.05, 3.63) is 0 Å². The second kappa shape index (κ2) is 5.59. The predicted molar refractivity (Wildman–Crippen MR) is 47.6 cm³/mol. The van der Waals surface area contributed by atoms with Crippen LogP contribution in [0.15, 0.2) is 0 Å². The molecule has 0 heterocycles. The molecule has 1 atom stereocenters. The first-order valence-electron chi connectivity index (χ1n) is 2.39. The van der Waals surface area contributed by atoms with E-state index in [0.717, 1.165) is 0 Å². The van der Waals surface area contributed by atoms with E-state index in [0.29, 0.717) is 0 Å². The van der Waals surface area contributed by atoms with Crippen LogP contribution in [0.3, 0.4) is 0 Å². The van der Waals surface area contributed by atoms with Gasteiger partial charge in [0.05, 0.1) is 0 Å². The first-order chi connectivity index (χ1) is 3.27. The average molecular weight is 246 g/mol. The van der Waals surface area contributed by atoms with Gasteiger partial charge in [-0.3, -0.25) is 0 Å². The molecule has 0 rings (SSSR count). The molecule has 42 valence electrons. The van der Waals surface area contributed by atoms with Gasteiger partial charge in [0, 0.05) is 0 Å². The molecule has 0 saturated carbocycles. The third kappa shape index (κ3) is 7.46. The van der Waals surface area contributed by atoms with Gasteiger partial charge in [-0.15, -0.1) is 0 Å². The summed E-state index contributed by atoms with van der Waals surface area (Å²) >= 11 is 2.39. The monoisotopic (exact) mass is 246 g/mol. The molecule has 3 heteroatoms. The summed E-state index contributed by atoms with van der Waals surface area (Å²) in [6, 6.07) is 0. The van der Waals surface area contributed by atoms with Crippen molar-refractivity contribution < 1.29 is 0 Å². The fourth-order valence-corrected chi connectivity index (χ4v) is 2.31. The predicted octanol–water partition coefficient (Wildman–Crippen LogP) is 3.94. The maximum absolute atomic E-state index is 4.28. The summed E-state index contributed by atoms with van der Waals surface area (Å²) in [6.45, 7) is 2.21. The zero-order valence-corrected chi connectivity index (χ0v) is 8.34. The molecule has 0 saturated heterocycles. The molecule has 0 radical (unpaired) electrons. The second-order valence-electron chi connectivity index (χ2n) is 1.41. The van der Waals surface area contributed by atoms with Crippen molar-refractivity contribution in [2.24, 2.45) is 0 Å². The minimum atomic E-state index is 0.0581. The summed E-state index contributed by atoms with van der Waals surface area (Å²) in [5.41, 5.74) is 0. The SMILES string of the molecule is CCCCP(#P)I. The number of unbranched alkanes of at least 4 members (excludes halogenated alkanes) is 1. The van der Waals surface area contributed by atoms with Crippen LogP contribution in [0.5, 0.6) is 0 Å². The van der Waals surface area contributed by atoms with E-state index < -0.39 is 0 Å². The van der Waals surface area contributed by atoms with E-state index in [2.05, 4.69) is 37.3 Å². The first-order valence-corrected chi connectivity index (χ1v) is 7.86. The molecule has 0 aliphatic heterocycles. The number of hydrogen-bond acceptors (Lipinski definition) is 0. The summed E-state index contributed by atoms with van der Waals surface area (Å²) in [4.78, 5) is 0. The third-order valence-electron chi connectivity index (χ3n) is 0.696. The topological polar surface area (TPSA) is 0 Å². The molecule has 0 aliphatic carbocycles. The number of hydrogen-bond donors (Lipinski definition) is 0. The van der Waals surface area contributed by atoms with E-state index >= 15 is 0 Å². The van der Waals surface area contributed by atoms with Crippen LogP contribution in [0.4, 0.5) is 0 Å². The van der Waals surface area contributed by atoms with Gasteiger partial charge in [0.25, 0.3) is 0 Å². The second-order valence-corrected chi connectivity index (χ2v) is 9.77. The van der Waals surface area contributed by atoms with Gasteiger partial charge in [-0.2, -0.15) is 0 Å². The quantitative estimate of drug-likeness (QED) is 0.511. The maximum atomic E-state index is 4.28. The molecule has 1 unspecified atom stereocenters. The van der Waals surface area contributed by atoms with E-state index in [1.165, 1.54) is 19.0 Å². The zero-order chi connectivity index (χ0) is 5.70. The Morgan fingerprint density at radius 3 is 2.43 bits per heavy atom. The Morgan fingerprint density at radius 1 is 1.71 bits per heavy atom. The van der Waals surface area contributed by atoms with Gasteiger partial charge in [0.2, 0.25) is 0 Å². The summed E-state index contributed by atoms with van der Waals surface area (Å²) in [5, 5.41) is 0. The van der Waals surface area contributed by atoms with Gasteiger partial charge in [0.1, 0.15) is 0 Å².